The predicted octanol–water partition coefficient (Wildman–Crippen LogP) is 3.37. The highest BCUT2D eigenvalue weighted by Crippen LogP contribution is 2.30. The first kappa shape index (κ1) is 20.2. The number of rotatable bonds is 4. The number of nitrogens with one attached hydrogen (secondary N) is 1. The molecule has 156 valence electrons. The molecule has 3 aromatic rings. The molecule has 1 aliphatic rings. The predicted molar refractivity (Wildman–Crippen MR) is 115 cm³/mol. The number of aliphatic hydroxyl groups is 1. The Kier molecular flexibility index (Phi) is 5.29. The Labute approximate surface area is 176 Å². The molecule has 9 heteroatoms. The molecule has 0 radical (unpaired) electrons. The molecule has 0 amide bonds. The quantitative estimate of drug-likeness (QED) is 0.580. The largest absolute Gasteiger partial charge is 0.396 e. The minimum atomic E-state index is -3.69. The summed E-state index contributed by atoms with van der Waals surface area (Å²) in [6.45, 7) is 1.91. The number of halogens is 1. The van der Waals surface area contributed by atoms with E-state index < -0.39 is 10.0 Å². The van der Waals surface area contributed by atoms with Crippen molar-refractivity contribution in [2.45, 2.75) is 49.6 Å². The van der Waals surface area contributed by atoms with Crippen molar-refractivity contribution in [3.05, 3.63) is 47.2 Å². The highest BCUT2D eigenvalue weighted by atomic mass is 35.5. The second-order valence-corrected chi connectivity index (χ2v) is 9.70. The SMILES string of the molecule is Cc1ccc(S(=O)(=O)NC2CCC(O)CC2)cc1-c1cnc2c(N)cc(Cl)cn12.[HH]. The van der Waals surface area contributed by atoms with Crippen molar-refractivity contribution in [2.75, 3.05) is 5.73 Å². The van der Waals surface area contributed by atoms with Crippen molar-refractivity contribution in [2.24, 2.45) is 0 Å². The van der Waals surface area contributed by atoms with Crippen molar-refractivity contribution in [1.29, 1.82) is 0 Å². The van der Waals surface area contributed by atoms with E-state index in [0.29, 0.717) is 47.7 Å². The van der Waals surface area contributed by atoms with E-state index >= 15 is 0 Å². The smallest absolute Gasteiger partial charge is 0.240 e. The van der Waals surface area contributed by atoms with Crippen LogP contribution in [-0.4, -0.2) is 35.1 Å². The lowest BCUT2D eigenvalue weighted by Gasteiger charge is -2.26. The van der Waals surface area contributed by atoms with Crippen molar-refractivity contribution in [1.82, 2.24) is 14.1 Å². The first-order valence-electron chi connectivity index (χ1n) is 9.48. The average molecular weight is 437 g/mol. The summed E-state index contributed by atoms with van der Waals surface area (Å²) < 4.78 is 30.4. The fourth-order valence-electron chi connectivity index (χ4n) is 3.80. The maximum Gasteiger partial charge on any atom is 0.240 e. The van der Waals surface area contributed by atoms with Crippen LogP contribution in [0.2, 0.25) is 5.02 Å². The minimum Gasteiger partial charge on any atom is -0.396 e. The van der Waals surface area contributed by atoms with Crippen molar-refractivity contribution >= 4 is 33.0 Å². The number of benzene rings is 1. The number of aliphatic hydroxyl groups excluding tert-OH is 1. The summed E-state index contributed by atoms with van der Waals surface area (Å²) in [5.74, 6) is 0. The van der Waals surface area contributed by atoms with E-state index in [2.05, 4.69) is 9.71 Å². The number of fused-ring (bicyclic) bond motifs is 1. The number of sulfonamides is 1. The van der Waals surface area contributed by atoms with E-state index in [1.807, 2.05) is 6.92 Å². The van der Waals surface area contributed by atoms with Crippen LogP contribution in [0.15, 0.2) is 41.6 Å². The van der Waals surface area contributed by atoms with Gasteiger partial charge in [-0.15, -0.1) is 0 Å². The number of nitrogens with zero attached hydrogens (tertiary/aromatic N) is 2. The van der Waals surface area contributed by atoms with Crippen LogP contribution in [0.3, 0.4) is 0 Å². The summed E-state index contributed by atoms with van der Waals surface area (Å²) in [5, 5.41) is 10.1. The van der Waals surface area contributed by atoms with Crippen LogP contribution in [0.1, 0.15) is 32.7 Å². The van der Waals surface area contributed by atoms with Gasteiger partial charge in [0.25, 0.3) is 0 Å². The van der Waals surface area contributed by atoms with Gasteiger partial charge in [0.15, 0.2) is 5.65 Å². The number of anilines is 1. The summed E-state index contributed by atoms with van der Waals surface area (Å²) in [6.07, 6.45) is 5.51. The molecule has 7 nitrogen and oxygen atoms in total. The average Bonchev–Trinajstić information content (AvgIpc) is 3.07. The third-order valence-electron chi connectivity index (χ3n) is 5.41. The first-order chi connectivity index (χ1) is 13.7. The van der Waals surface area contributed by atoms with Crippen LogP contribution in [-0.2, 0) is 10.0 Å². The molecule has 0 aliphatic heterocycles. The lowest BCUT2D eigenvalue weighted by atomic mass is 9.94. The second-order valence-electron chi connectivity index (χ2n) is 7.55. The Bertz CT molecular complexity index is 1170. The molecule has 1 aliphatic carbocycles. The van der Waals surface area contributed by atoms with Gasteiger partial charge in [0, 0.05) is 19.2 Å². The molecule has 0 saturated heterocycles. The van der Waals surface area contributed by atoms with Gasteiger partial charge in [0.2, 0.25) is 10.0 Å². The zero-order valence-corrected chi connectivity index (χ0v) is 17.5. The molecule has 2 aromatic heterocycles. The van der Waals surface area contributed by atoms with E-state index in [0.717, 1.165) is 11.1 Å². The van der Waals surface area contributed by atoms with Crippen molar-refractivity contribution < 1.29 is 15.0 Å². The normalized spacial score (nSPS) is 20.2. The van der Waals surface area contributed by atoms with E-state index in [1.165, 1.54) is 0 Å². The molecule has 0 spiro atoms. The van der Waals surface area contributed by atoms with E-state index in [9.17, 15) is 13.5 Å². The first-order valence-corrected chi connectivity index (χ1v) is 11.3. The van der Waals surface area contributed by atoms with Gasteiger partial charge in [-0.25, -0.2) is 18.1 Å². The zero-order chi connectivity index (χ0) is 20.8. The summed E-state index contributed by atoms with van der Waals surface area (Å²) in [7, 11) is -3.69. The third-order valence-corrected chi connectivity index (χ3v) is 7.14. The molecule has 29 heavy (non-hydrogen) atoms. The summed E-state index contributed by atoms with van der Waals surface area (Å²) in [6, 6.07) is 6.50. The number of hydrogen-bond donors (Lipinski definition) is 3. The summed E-state index contributed by atoms with van der Waals surface area (Å²) >= 11 is 6.15. The molecule has 4 rings (SSSR count). The standard InChI is InChI=1S/C20H23ClN4O3S.H2/c1-12-2-7-16(29(27,28)24-14-3-5-15(26)6-4-14)9-17(12)19-10-23-20-18(22)8-13(21)11-25(19)20;/h2,7-11,14-15,24,26H,3-6,22H2,1H3;1H. The monoisotopic (exact) mass is 436 g/mol. The number of aryl methyl sites for hydroxylation is 1. The molecular weight excluding hydrogens is 412 g/mol. The van der Waals surface area contributed by atoms with Gasteiger partial charge in [-0.2, -0.15) is 0 Å². The number of imidazole rings is 1. The second kappa shape index (κ2) is 7.60. The van der Waals surface area contributed by atoms with Gasteiger partial charge in [-0.3, -0.25) is 4.40 Å². The minimum absolute atomic E-state index is 0. The number of nitrogen functional groups attached to an aromatic ring is 1. The molecule has 1 saturated carbocycles. The summed E-state index contributed by atoms with van der Waals surface area (Å²) in [4.78, 5) is 4.55. The maximum absolute atomic E-state index is 12.9. The van der Waals surface area contributed by atoms with Crippen LogP contribution >= 0.6 is 11.6 Å². The van der Waals surface area contributed by atoms with Gasteiger partial charge in [-0.1, -0.05) is 17.7 Å². The van der Waals surface area contributed by atoms with E-state index in [1.54, 1.807) is 41.1 Å². The lowest BCUT2D eigenvalue weighted by Crippen LogP contribution is -2.38. The van der Waals surface area contributed by atoms with Gasteiger partial charge in [0.05, 0.1) is 33.6 Å². The Morgan fingerprint density at radius 1 is 1.28 bits per heavy atom. The van der Waals surface area contributed by atoms with Gasteiger partial charge in [-0.05, 0) is 56.4 Å². The van der Waals surface area contributed by atoms with Gasteiger partial charge < -0.3 is 10.8 Å². The summed E-state index contributed by atoms with van der Waals surface area (Å²) in [5.41, 5.74) is 9.38. The van der Waals surface area contributed by atoms with Gasteiger partial charge in [0.1, 0.15) is 0 Å². The molecule has 1 fully saturated rings. The maximum atomic E-state index is 12.9. The molecule has 1 aromatic carbocycles. The Hall–Kier alpha value is -2.13. The molecule has 0 atom stereocenters. The van der Waals surface area contributed by atoms with Crippen LogP contribution in [0.5, 0.6) is 0 Å². The topological polar surface area (TPSA) is 110 Å². The number of nitrogens with two attached hydrogens (primary N) is 1. The molecule has 0 unspecified atom stereocenters. The number of pyridine rings is 1. The molecular formula is C20H25ClN4O3S. The van der Waals surface area contributed by atoms with Crippen molar-refractivity contribution in [3.8, 4) is 11.3 Å². The Balaban J connectivity index is 0.00000256. The fraction of sp³-hybridized carbons (Fsp3) is 0.350. The fourth-order valence-corrected chi connectivity index (χ4v) is 5.35. The number of aromatic nitrogens is 2. The highest BCUT2D eigenvalue weighted by molar-refractivity contribution is 7.89. The van der Waals surface area contributed by atoms with Crippen LogP contribution < -0.4 is 10.5 Å². The van der Waals surface area contributed by atoms with Crippen LogP contribution in [0.25, 0.3) is 16.9 Å². The van der Waals surface area contributed by atoms with E-state index in [-0.39, 0.29) is 18.5 Å². The molecule has 0 bridgehead atoms. The van der Waals surface area contributed by atoms with Crippen LogP contribution in [0, 0.1) is 6.92 Å². The molecule has 4 N–H and O–H groups in total. The van der Waals surface area contributed by atoms with E-state index in [4.69, 9.17) is 17.3 Å². The molecule has 2 heterocycles. The zero-order valence-electron chi connectivity index (χ0n) is 16.0. The highest BCUT2D eigenvalue weighted by Gasteiger charge is 2.25. The Morgan fingerprint density at radius 2 is 2.00 bits per heavy atom. The third kappa shape index (κ3) is 3.98. The van der Waals surface area contributed by atoms with Crippen molar-refractivity contribution in [3.63, 3.8) is 0 Å². The lowest BCUT2D eigenvalue weighted by molar-refractivity contribution is 0.120. The Morgan fingerprint density at radius 3 is 2.72 bits per heavy atom. The van der Waals surface area contributed by atoms with Crippen LogP contribution in [0.4, 0.5) is 5.69 Å². The number of hydrogen-bond acceptors (Lipinski definition) is 5. The van der Waals surface area contributed by atoms with Gasteiger partial charge >= 0.3 is 0 Å².